The Balaban J connectivity index is 3.15. The zero-order valence-electron chi connectivity index (χ0n) is 8.21. The molecule has 0 unspecified atom stereocenters. The van der Waals surface area contributed by atoms with Crippen molar-refractivity contribution in [3.63, 3.8) is 0 Å². The summed E-state index contributed by atoms with van der Waals surface area (Å²) in [7, 11) is 0. The van der Waals surface area contributed by atoms with Crippen LogP contribution >= 0.6 is 15.9 Å². The highest BCUT2D eigenvalue weighted by atomic mass is 79.9. The molecular formula is C10H5BrF3NO2. The molecule has 17 heavy (non-hydrogen) atoms. The fraction of sp³-hybridized carbons (Fsp3) is 0.200. The monoisotopic (exact) mass is 307 g/mol. The van der Waals surface area contributed by atoms with E-state index in [1.54, 1.807) is 6.07 Å². The lowest BCUT2D eigenvalue weighted by Crippen LogP contribution is -2.17. The number of hydrogen-bond acceptors (Lipinski definition) is 3. The average molecular weight is 308 g/mol. The molecule has 0 aliphatic rings. The third-order valence-electron chi connectivity index (χ3n) is 1.77. The molecule has 7 heteroatoms. The molecule has 1 rings (SSSR count). The lowest BCUT2D eigenvalue weighted by Gasteiger charge is -2.10. The molecule has 0 N–H and O–H groups in total. The third-order valence-corrected chi connectivity index (χ3v) is 2.28. The van der Waals surface area contributed by atoms with Crippen molar-refractivity contribution < 1.29 is 22.7 Å². The smallest absolute Gasteiger partial charge is 0.406 e. The minimum Gasteiger partial charge on any atom is -0.406 e. The van der Waals surface area contributed by atoms with E-state index < -0.39 is 17.9 Å². The molecule has 0 saturated carbocycles. The number of ether oxygens (including phenoxy) is 1. The quantitative estimate of drug-likeness (QED) is 0.637. The highest BCUT2D eigenvalue weighted by molar-refractivity contribution is 9.09. The number of nitriles is 1. The molecular weight excluding hydrogens is 303 g/mol. The molecule has 90 valence electrons. The summed E-state index contributed by atoms with van der Waals surface area (Å²) in [4.78, 5) is 11.4. The molecule has 0 fully saturated rings. The molecule has 0 aromatic heterocycles. The number of carbonyl (C=O) groups is 1. The van der Waals surface area contributed by atoms with Crippen LogP contribution in [0.5, 0.6) is 5.75 Å². The second-order valence-electron chi connectivity index (χ2n) is 2.92. The molecule has 0 spiro atoms. The van der Waals surface area contributed by atoms with Gasteiger partial charge in [-0.05, 0) is 18.2 Å². The van der Waals surface area contributed by atoms with Gasteiger partial charge in [-0.15, -0.1) is 13.2 Å². The third kappa shape index (κ3) is 3.75. The largest absolute Gasteiger partial charge is 0.573 e. The van der Waals surface area contributed by atoms with Crippen LogP contribution in [0, 0.1) is 11.3 Å². The van der Waals surface area contributed by atoms with Gasteiger partial charge in [0.1, 0.15) is 5.75 Å². The molecule has 3 nitrogen and oxygen atoms in total. The first-order chi connectivity index (χ1) is 7.87. The Hall–Kier alpha value is -1.55. The number of halogens is 4. The first kappa shape index (κ1) is 13.5. The maximum Gasteiger partial charge on any atom is 0.573 e. The summed E-state index contributed by atoms with van der Waals surface area (Å²) in [5, 5.41) is 8.62. The number of ketones is 1. The number of carbonyl (C=O) groups excluding carboxylic acids is 1. The normalized spacial score (nSPS) is 10.8. The van der Waals surface area contributed by atoms with Crippen LogP contribution in [0.1, 0.15) is 15.9 Å². The van der Waals surface area contributed by atoms with Gasteiger partial charge in [0.05, 0.1) is 17.0 Å². The van der Waals surface area contributed by atoms with Crippen LogP contribution in [-0.4, -0.2) is 17.5 Å². The van der Waals surface area contributed by atoms with Crippen LogP contribution in [0.25, 0.3) is 0 Å². The zero-order chi connectivity index (χ0) is 13.1. The minimum atomic E-state index is -4.83. The number of benzene rings is 1. The Morgan fingerprint density at radius 3 is 2.59 bits per heavy atom. The summed E-state index contributed by atoms with van der Waals surface area (Å²) < 4.78 is 39.5. The number of alkyl halides is 4. The van der Waals surface area contributed by atoms with Crippen molar-refractivity contribution in [2.45, 2.75) is 6.36 Å². The maximum absolute atomic E-state index is 12.0. The highest BCUT2D eigenvalue weighted by Gasteiger charge is 2.31. The molecule has 0 saturated heterocycles. The molecule has 0 heterocycles. The highest BCUT2D eigenvalue weighted by Crippen LogP contribution is 2.25. The van der Waals surface area contributed by atoms with Crippen molar-refractivity contribution in [2.24, 2.45) is 0 Å². The summed E-state index contributed by atoms with van der Waals surface area (Å²) in [6.07, 6.45) is -4.83. The topological polar surface area (TPSA) is 50.1 Å². The Kier molecular flexibility index (Phi) is 4.12. The molecule has 0 amide bonds. The van der Waals surface area contributed by atoms with Gasteiger partial charge in [0.25, 0.3) is 0 Å². The number of Topliss-reactive ketones (excluding diaryl/α,β-unsaturated/α-hetero) is 1. The summed E-state index contributed by atoms with van der Waals surface area (Å²) in [6.45, 7) is 0. The minimum absolute atomic E-state index is 0.00368. The van der Waals surface area contributed by atoms with E-state index in [4.69, 9.17) is 5.26 Å². The van der Waals surface area contributed by atoms with Crippen molar-refractivity contribution in [3.05, 3.63) is 29.3 Å². The van der Waals surface area contributed by atoms with E-state index in [0.29, 0.717) is 0 Å². The second-order valence-corrected chi connectivity index (χ2v) is 3.48. The van der Waals surface area contributed by atoms with Gasteiger partial charge < -0.3 is 4.74 Å². The van der Waals surface area contributed by atoms with Gasteiger partial charge in [0.15, 0.2) is 5.78 Å². The number of nitrogens with zero attached hydrogens (tertiary/aromatic N) is 1. The molecule has 0 bridgehead atoms. The Bertz CT molecular complexity index is 479. The van der Waals surface area contributed by atoms with Gasteiger partial charge >= 0.3 is 6.36 Å². The maximum atomic E-state index is 12.0. The standard InChI is InChI=1S/C10H5BrF3NO2/c11-4-9(16)8-3-7(17-10(12,13)14)2-1-6(8)5-15/h1-3H,4H2. The van der Waals surface area contributed by atoms with Gasteiger partial charge in [-0.25, -0.2) is 0 Å². The van der Waals surface area contributed by atoms with E-state index in [-0.39, 0.29) is 16.5 Å². The van der Waals surface area contributed by atoms with E-state index >= 15 is 0 Å². The average Bonchev–Trinajstić information content (AvgIpc) is 2.25. The number of rotatable bonds is 3. The number of hydrogen-bond donors (Lipinski definition) is 0. The first-order valence-corrected chi connectivity index (χ1v) is 5.38. The van der Waals surface area contributed by atoms with Crippen molar-refractivity contribution >= 4 is 21.7 Å². The van der Waals surface area contributed by atoms with Crippen LogP contribution in [0.4, 0.5) is 13.2 Å². The Morgan fingerprint density at radius 2 is 2.12 bits per heavy atom. The summed E-state index contributed by atoms with van der Waals surface area (Å²) >= 11 is 2.88. The summed E-state index contributed by atoms with van der Waals surface area (Å²) in [6, 6.07) is 4.71. The summed E-state index contributed by atoms with van der Waals surface area (Å²) in [5.41, 5.74) is -0.102. The van der Waals surface area contributed by atoms with Gasteiger partial charge in [-0.3, -0.25) is 4.79 Å². The Morgan fingerprint density at radius 1 is 1.47 bits per heavy atom. The molecule has 0 atom stereocenters. The van der Waals surface area contributed by atoms with Crippen LogP contribution < -0.4 is 4.74 Å². The van der Waals surface area contributed by atoms with Crippen molar-refractivity contribution in [1.29, 1.82) is 5.26 Å². The predicted molar refractivity (Wildman–Crippen MR) is 56.0 cm³/mol. The lowest BCUT2D eigenvalue weighted by molar-refractivity contribution is -0.274. The molecule has 0 aliphatic carbocycles. The lowest BCUT2D eigenvalue weighted by atomic mass is 10.1. The molecule has 0 aliphatic heterocycles. The fourth-order valence-electron chi connectivity index (χ4n) is 1.12. The molecule has 0 radical (unpaired) electrons. The SMILES string of the molecule is N#Cc1ccc(OC(F)(F)F)cc1C(=O)CBr. The van der Waals surface area contributed by atoms with Gasteiger partial charge in [0, 0.05) is 5.56 Å². The van der Waals surface area contributed by atoms with Crippen LogP contribution in [0.3, 0.4) is 0 Å². The van der Waals surface area contributed by atoms with E-state index in [0.717, 1.165) is 18.2 Å². The molecule has 1 aromatic carbocycles. The van der Waals surface area contributed by atoms with Crippen LogP contribution in [0.15, 0.2) is 18.2 Å². The predicted octanol–water partition coefficient (Wildman–Crippen LogP) is 3.03. The van der Waals surface area contributed by atoms with E-state index in [1.165, 1.54) is 0 Å². The molecule has 1 aromatic rings. The Labute approximate surface area is 103 Å². The van der Waals surface area contributed by atoms with Crippen LogP contribution in [0.2, 0.25) is 0 Å². The van der Waals surface area contributed by atoms with Gasteiger partial charge in [-0.1, -0.05) is 15.9 Å². The summed E-state index contributed by atoms with van der Waals surface area (Å²) in [5.74, 6) is -1.02. The van der Waals surface area contributed by atoms with E-state index in [9.17, 15) is 18.0 Å². The van der Waals surface area contributed by atoms with Crippen LogP contribution in [-0.2, 0) is 0 Å². The van der Waals surface area contributed by atoms with Crippen molar-refractivity contribution in [3.8, 4) is 11.8 Å². The van der Waals surface area contributed by atoms with E-state index in [1.807, 2.05) is 0 Å². The van der Waals surface area contributed by atoms with E-state index in [2.05, 4.69) is 20.7 Å². The van der Waals surface area contributed by atoms with Crippen molar-refractivity contribution in [1.82, 2.24) is 0 Å². The second kappa shape index (κ2) is 5.19. The van der Waals surface area contributed by atoms with Gasteiger partial charge in [-0.2, -0.15) is 5.26 Å². The van der Waals surface area contributed by atoms with Crippen molar-refractivity contribution in [2.75, 3.05) is 5.33 Å². The first-order valence-electron chi connectivity index (χ1n) is 4.26. The van der Waals surface area contributed by atoms with Gasteiger partial charge in [0.2, 0.25) is 0 Å². The zero-order valence-corrected chi connectivity index (χ0v) is 9.80. The fourth-order valence-corrected chi connectivity index (χ4v) is 1.42.